The number of carbonyl (C=O) groups is 1. The molecule has 1 aromatic heterocycles. The Kier molecular flexibility index (Phi) is 7.56. The second-order valence-electron chi connectivity index (χ2n) is 9.60. The van der Waals surface area contributed by atoms with Gasteiger partial charge in [-0.25, -0.2) is 0 Å². The van der Waals surface area contributed by atoms with Crippen LogP contribution >= 0.6 is 0 Å². The summed E-state index contributed by atoms with van der Waals surface area (Å²) in [5.41, 5.74) is 4.93. The lowest BCUT2D eigenvalue weighted by molar-refractivity contribution is -0.118. The quantitative estimate of drug-likeness (QED) is 0.477. The monoisotopic (exact) mass is 441 g/mol. The Morgan fingerprint density at radius 1 is 0.939 bits per heavy atom. The highest BCUT2D eigenvalue weighted by Gasteiger charge is 2.36. The van der Waals surface area contributed by atoms with Crippen molar-refractivity contribution in [3.05, 3.63) is 95.8 Å². The standard InChI is InChI=1S/C29H35N3O/c1-23(2)28(33)31-26-13-11-25(12-14-26)22-32-20-17-29(18-21-32,27-10-6-7-19-30-27)16-15-24-8-4-3-5-9-24/h3-14,19,23H,15-18,20-22H2,1-2H3,(H,31,33). The van der Waals surface area contributed by atoms with Gasteiger partial charge in [-0.3, -0.25) is 14.7 Å². The van der Waals surface area contributed by atoms with Crippen molar-refractivity contribution >= 4 is 11.6 Å². The normalized spacial score (nSPS) is 16.0. The fourth-order valence-corrected chi connectivity index (χ4v) is 4.72. The van der Waals surface area contributed by atoms with Crippen molar-refractivity contribution in [2.24, 2.45) is 5.92 Å². The van der Waals surface area contributed by atoms with Gasteiger partial charge in [0.2, 0.25) is 5.91 Å². The van der Waals surface area contributed by atoms with Gasteiger partial charge in [0.1, 0.15) is 0 Å². The molecule has 4 heteroatoms. The number of likely N-dealkylation sites (tertiary alicyclic amines) is 1. The molecule has 0 aliphatic carbocycles. The summed E-state index contributed by atoms with van der Waals surface area (Å²) in [6.45, 7) is 6.89. The van der Waals surface area contributed by atoms with Crippen molar-refractivity contribution in [3.8, 4) is 0 Å². The van der Waals surface area contributed by atoms with E-state index >= 15 is 0 Å². The Morgan fingerprint density at radius 3 is 2.27 bits per heavy atom. The number of anilines is 1. The number of hydrogen-bond acceptors (Lipinski definition) is 3. The van der Waals surface area contributed by atoms with Crippen LogP contribution in [0.1, 0.15) is 49.9 Å². The zero-order valence-electron chi connectivity index (χ0n) is 19.8. The van der Waals surface area contributed by atoms with Gasteiger partial charge in [0, 0.05) is 35.5 Å². The van der Waals surface area contributed by atoms with Crippen LogP contribution in [0.2, 0.25) is 0 Å². The number of piperidine rings is 1. The van der Waals surface area contributed by atoms with Gasteiger partial charge in [0.05, 0.1) is 0 Å². The number of amides is 1. The first-order valence-corrected chi connectivity index (χ1v) is 12.1. The van der Waals surface area contributed by atoms with Crippen LogP contribution in [0.4, 0.5) is 5.69 Å². The second-order valence-corrected chi connectivity index (χ2v) is 9.60. The van der Waals surface area contributed by atoms with Crippen molar-refractivity contribution in [3.63, 3.8) is 0 Å². The summed E-state index contributed by atoms with van der Waals surface area (Å²) in [4.78, 5) is 19.2. The zero-order valence-corrected chi connectivity index (χ0v) is 19.8. The lowest BCUT2D eigenvalue weighted by atomic mass is 9.71. The molecule has 4 rings (SSSR count). The van der Waals surface area contributed by atoms with Gasteiger partial charge < -0.3 is 5.32 Å². The third kappa shape index (κ3) is 6.08. The molecule has 33 heavy (non-hydrogen) atoms. The molecule has 1 aliphatic heterocycles. The van der Waals surface area contributed by atoms with Crippen LogP contribution in [-0.2, 0) is 23.2 Å². The van der Waals surface area contributed by atoms with Crippen LogP contribution in [0, 0.1) is 5.92 Å². The van der Waals surface area contributed by atoms with Crippen LogP contribution in [0.15, 0.2) is 79.0 Å². The van der Waals surface area contributed by atoms with Crippen molar-refractivity contribution in [2.75, 3.05) is 18.4 Å². The fourth-order valence-electron chi connectivity index (χ4n) is 4.72. The molecule has 0 radical (unpaired) electrons. The molecule has 0 unspecified atom stereocenters. The average molecular weight is 442 g/mol. The molecule has 0 saturated carbocycles. The van der Waals surface area contributed by atoms with Crippen molar-refractivity contribution in [1.29, 1.82) is 0 Å². The molecule has 1 N–H and O–H groups in total. The smallest absolute Gasteiger partial charge is 0.226 e. The predicted octanol–water partition coefficient (Wildman–Crippen LogP) is 5.84. The van der Waals surface area contributed by atoms with E-state index in [1.54, 1.807) is 0 Å². The van der Waals surface area contributed by atoms with Gasteiger partial charge in [-0.1, -0.05) is 62.4 Å². The van der Waals surface area contributed by atoms with Crippen molar-refractivity contribution in [2.45, 2.75) is 51.5 Å². The van der Waals surface area contributed by atoms with E-state index in [1.807, 2.05) is 38.2 Å². The Balaban J connectivity index is 1.38. The Labute approximate surface area is 198 Å². The number of benzene rings is 2. The lowest BCUT2D eigenvalue weighted by Gasteiger charge is -2.42. The van der Waals surface area contributed by atoms with E-state index in [0.29, 0.717) is 0 Å². The Morgan fingerprint density at radius 2 is 1.64 bits per heavy atom. The van der Waals surface area contributed by atoms with Crippen LogP contribution in [0.25, 0.3) is 0 Å². The number of rotatable bonds is 8. The Hall–Kier alpha value is -2.98. The maximum Gasteiger partial charge on any atom is 0.226 e. The summed E-state index contributed by atoms with van der Waals surface area (Å²) in [5.74, 6) is 0.0411. The van der Waals surface area contributed by atoms with Crippen LogP contribution in [0.5, 0.6) is 0 Å². The Bertz CT molecular complexity index is 1010. The molecule has 1 aliphatic rings. The fraction of sp³-hybridized carbons (Fsp3) is 0.379. The average Bonchev–Trinajstić information content (AvgIpc) is 2.86. The van der Waals surface area contributed by atoms with Gasteiger partial charge in [-0.05, 0) is 74.2 Å². The van der Waals surface area contributed by atoms with E-state index in [9.17, 15) is 4.79 Å². The van der Waals surface area contributed by atoms with Crippen molar-refractivity contribution < 1.29 is 4.79 Å². The first kappa shape index (κ1) is 23.2. The largest absolute Gasteiger partial charge is 0.326 e. The number of pyridine rings is 1. The van der Waals surface area contributed by atoms with Gasteiger partial charge >= 0.3 is 0 Å². The minimum absolute atomic E-state index is 0.0145. The minimum atomic E-state index is -0.0145. The summed E-state index contributed by atoms with van der Waals surface area (Å²) in [5, 5.41) is 2.97. The molecule has 1 fully saturated rings. The molecule has 0 atom stereocenters. The zero-order chi connectivity index (χ0) is 23.1. The van der Waals surface area contributed by atoms with Gasteiger partial charge in [0.15, 0.2) is 0 Å². The molecule has 1 amide bonds. The number of nitrogens with zero attached hydrogens (tertiary/aromatic N) is 2. The van der Waals surface area contributed by atoms with E-state index in [2.05, 4.69) is 64.8 Å². The molecule has 4 nitrogen and oxygen atoms in total. The van der Waals surface area contributed by atoms with Gasteiger partial charge in [0.25, 0.3) is 0 Å². The number of hydrogen-bond donors (Lipinski definition) is 1. The summed E-state index contributed by atoms with van der Waals surface area (Å²) in [6.07, 6.45) is 6.40. The highest BCUT2D eigenvalue weighted by Crippen LogP contribution is 2.39. The van der Waals surface area contributed by atoms with E-state index in [1.165, 1.54) is 16.8 Å². The first-order chi connectivity index (χ1) is 16.0. The van der Waals surface area contributed by atoms with Gasteiger partial charge in [-0.15, -0.1) is 0 Å². The first-order valence-electron chi connectivity index (χ1n) is 12.1. The molecule has 0 bridgehead atoms. The van der Waals surface area contributed by atoms with Crippen molar-refractivity contribution in [1.82, 2.24) is 9.88 Å². The van der Waals surface area contributed by atoms with Crippen LogP contribution < -0.4 is 5.32 Å². The second kappa shape index (κ2) is 10.8. The third-order valence-corrected chi connectivity index (χ3v) is 6.91. The molecule has 0 spiro atoms. The number of nitrogens with one attached hydrogen (secondary N) is 1. The van der Waals surface area contributed by atoms with E-state index in [-0.39, 0.29) is 17.2 Å². The molecule has 2 aromatic carbocycles. The van der Waals surface area contributed by atoms with Crippen LogP contribution in [-0.4, -0.2) is 28.9 Å². The molecule has 1 saturated heterocycles. The molecule has 172 valence electrons. The number of aromatic nitrogens is 1. The predicted molar refractivity (Wildman–Crippen MR) is 135 cm³/mol. The SMILES string of the molecule is CC(C)C(=O)Nc1ccc(CN2CCC(CCc3ccccc3)(c3ccccn3)CC2)cc1. The maximum absolute atomic E-state index is 11.9. The number of carbonyl (C=O) groups excluding carboxylic acids is 1. The van der Waals surface area contributed by atoms with Gasteiger partial charge in [-0.2, -0.15) is 0 Å². The summed E-state index contributed by atoms with van der Waals surface area (Å²) in [6, 6.07) is 25.4. The van der Waals surface area contributed by atoms with E-state index < -0.39 is 0 Å². The maximum atomic E-state index is 11.9. The van der Waals surface area contributed by atoms with Crippen LogP contribution in [0.3, 0.4) is 0 Å². The number of aryl methyl sites for hydroxylation is 1. The molecular formula is C29H35N3O. The highest BCUT2D eigenvalue weighted by atomic mass is 16.1. The summed E-state index contributed by atoms with van der Waals surface area (Å²) < 4.78 is 0. The molecule has 3 aromatic rings. The summed E-state index contributed by atoms with van der Waals surface area (Å²) in [7, 11) is 0. The van der Waals surface area contributed by atoms with E-state index in [0.717, 1.165) is 51.0 Å². The summed E-state index contributed by atoms with van der Waals surface area (Å²) >= 11 is 0. The molecule has 2 heterocycles. The topological polar surface area (TPSA) is 45.2 Å². The molecular weight excluding hydrogens is 406 g/mol. The third-order valence-electron chi connectivity index (χ3n) is 6.91. The highest BCUT2D eigenvalue weighted by molar-refractivity contribution is 5.92. The minimum Gasteiger partial charge on any atom is -0.326 e. The lowest BCUT2D eigenvalue weighted by Crippen LogP contribution is -2.43. The van der Waals surface area contributed by atoms with E-state index in [4.69, 9.17) is 4.98 Å².